The molecule has 1 aliphatic carbocycles. The van der Waals surface area contributed by atoms with Gasteiger partial charge < -0.3 is 20.3 Å². The largest absolute Gasteiger partial charge is 0.378 e. The van der Waals surface area contributed by atoms with Crippen molar-refractivity contribution in [2.75, 3.05) is 36.5 Å². The molecule has 2 N–H and O–H groups in total. The lowest BCUT2D eigenvalue weighted by Gasteiger charge is -2.27. The zero-order valence-electron chi connectivity index (χ0n) is 12.2. The molecule has 0 amide bonds. The van der Waals surface area contributed by atoms with Crippen LogP contribution < -0.4 is 15.5 Å². The van der Waals surface area contributed by atoms with Crippen molar-refractivity contribution in [3.05, 3.63) is 18.3 Å². The molecule has 0 spiro atoms. The first kappa shape index (κ1) is 14.5. The van der Waals surface area contributed by atoms with Gasteiger partial charge in [0.15, 0.2) is 5.11 Å². The van der Waals surface area contributed by atoms with E-state index in [1.807, 2.05) is 18.3 Å². The standard InChI is InChI=1S/C15H22N4OS/c21-15(17-12-3-1-2-4-12)18-13-5-6-14(16-11-13)19-7-9-20-10-8-19/h5-6,11-12H,1-4,7-10H2,(H2,17,18,21). The molecule has 1 saturated carbocycles. The van der Waals surface area contributed by atoms with Gasteiger partial charge in [0.2, 0.25) is 0 Å². The predicted octanol–water partition coefficient (Wildman–Crippen LogP) is 2.15. The Bertz CT molecular complexity index is 467. The summed E-state index contributed by atoms with van der Waals surface area (Å²) in [4.78, 5) is 6.75. The number of pyridine rings is 1. The molecule has 0 aromatic carbocycles. The fourth-order valence-electron chi connectivity index (χ4n) is 2.86. The van der Waals surface area contributed by atoms with Gasteiger partial charge in [0.05, 0.1) is 25.1 Å². The quantitative estimate of drug-likeness (QED) is 0.835. The highest BCUT2D eigenvalue weighted by Gasteiger charge is 2.16. The molecule has 3 rings (SSSR count). The number of anilines is 2. The van der Waals surface area contributed by atoms with Crippen LogP contribution in [0.3, 0.4) is 0 Å². The molecule has 6 heteroatoms. The van der Waals surface area contributed by atoms with E-state index in [2.05, 4.69) is 20.5 Å². The molecule has 2 fully saturated rings. The first-order valence-electron chi connectivity index (χ1n) is 7.67. The van der Waals surface area contributed by atoms with Crippen molar-refractivity contribution in [1.29, 1.82) is 0 Å². The van der Waals surface area contributed by atoms with Crippen LogP contribution >= 0.6 is 12.2 Å². The number of thiocarbonyl (C=S) groups is 1. The summed E-state index contributed by atoms with van der Waals surface area (Å²) in [7, 11) is 0. The molecule has 0 atom stereocenters. The summed E-state index contributed by atoms with van der Waals surface area (Å²) < 4.78 is 5.35. The fraction of sp³-hybridized carbons (Fsp3) is 0.600. The average molecular weight is 306 g/mol. The second kappa shape index (κ2) is 7.04. The monoisotopic (exact) mass is 306 g/mol. The lowest BCUT2D eigenvalue weighted by atomic mass is 10.2. The smallest absolute Gasteiger partial charge is 0.171 e. The van der Waals surface area contributed by atoms with E-state index in [-0.39, 0.29) is 0 Å². The summed E-state index contributed by atoms with van der Waals surface area (Å²) in [5, 5.41) is 7.28. The predicted molar refractivity (Wildman–Crippen MR) is 88.9 cm³/mol. The van der Waals surface area contributed by atoms with Crippen molar-refractivity contribution < 1.29 is 4.74 Å². The Hall–Kier alpha value is -1.40. The first-order chi connectivity index (χ1) is 10.3. The number of ether oxygens (including phenoxy) is 1. The minimum absolute atomic E-state index is 0.533. The molecule has 2 heterocycles. The van der Waals surface area contributed by atoms with Crippen LogP contribution in [0, 0.1) is 0 Å². The van der Waals surface area contributed by atoms with Gasteiger partial charge in [-0.05, 0) is 37.2 Å². The Labute approximate surface area is 131 Å². The Morgan fingerprint density at radius 3 is 2.67 bits per heavy atom. The van der Waals surface area contributed by atoms with Gasteiger partial charge in [-0.1, -0.05) is 12.8 Å². The molecule has 0 unspecified atom stereocenters. The van der Waals surface area contributed by atoms with E-state index in [0.717, 1.165) is 37.8 Å². The average Bonchev–Trinajstić information content (AvgIpc) is 3.02. The molecule has 114 valence electrons. The SMILES string of the molecule is S=C(Nc1ccc(N2CCOCC2)nc1)NC1CCCC1. The van der Waals surface area contributed by atoms with Crippen LogP contribution in [-0.4, -0.2) is 42.4 Å². The lowest BCUT2D eigenvalue weighted by Crippen LogP contribution is -2.37. The molecule has 1 saturated heterocycles. The fourth-order valence-corrected chi connectivity index (χ4v) is 3.15. The summed E-state index contributed by atoms with van der Waals surface area (Å²) >= 11 is 5.35. The van der Waals surface area contributed by atoms with Gasteiger partial charge in [0.25, 0.3) is 0 Å². The normalized spacial score (nSPS) is 19.5. The second-order valence-electron chi connectivity index (χ2n) is 5.58. The maximum Gasteiger partial charge on any atom is 0.171 e. The number of nitrogens with zero attached hydrogens (tertiary/aromatic N) is 2. The third kappa shape index (κ3) is 4.04. The molecule has 1 aromatic rings. The molecule has 1 aromatic heterocycles. The van der Waals surface area contributed by atoms with Crippen LogP contribution in [0.4, 0.5) is 11.5 Å². The molecule has 2 aliphatic rings. The van der Waals surface area contributed by atoms with E-state index in [0.29, 0.717) is 11.2 Å². The zero-order valence-corrected chi connectivity index (χ0v) is 13.0. The Balaban J connectivity index is 1.52. The number of hydrogen-bond acceptors (Lipinski definition) is 4. The molecule has 21 heavy (non-hydrogen) atoms. The third-order valence-corrected chi connectivity index (χ3v) is 4.25. The molecule has 5 nitrogen and oxygen atoms in total. The van der Waals surface area contributed by atoms with Crippen molar-refractivity contribution >= 4 is 28.8 Å². The topological polar surface area (TPSA) is 49.4 Å². The number of hydrogen-bond donors (Lipinski definition) is 2. The van der Waals surface area contributed by atoms with Crippen LogP contribution in [-0.2, 0) is 4.74 Å². The van der Waals surface area contributed by atoms with Crippen molar-refractivity contribution in [3.63, 3.8) is 0 Å². The van der Waals surface area contributed by atoms with Crippen LogP contribution in [0.2, 0.25) is 0 Å². The summed E-state index contributed by atoms with van der Waals surface area (Å²) in [6, 6.07) is 4.59. The van der Waals surface area contributed by atoms with Crippen LogP contribution in [0.5, 0.6) is 0 Å². The first-order valence-corrected chi connectivity index (χ1v) is 8.08. The van der Waals surface area contributed by atoms with Crippen molar-refractivity contribution in [3.8, 4) is 0 Å². The molecular formula is C15H22N4OS. The highest BCUT2D eigenvalue weighted by Crippen LogP contribution is 2.18. The van der Waals surface area contributed by atoms with E-state index in [1.165, 1.54) is 25.7 Å². The Morgan fingerprint density at radius 1 is 1.24 bits per heavy atom. The van der Waals surface area contributed by atoms with Crippen LogP contribution in [0.25, 0.3) is 0 Å². The summed E-state index contributed by atoms with van der Waals surface area (Å²) in [5.41, 5.74) is 0.933. The van der Waals surface area contributed by atoms with E-state index in [9.17, 15) is 0 Å². The Morgan fingerprint density at radius 2 is 2.00 bits per heavy atom. The molecule has 1 aliphatic heterocycles. The van der Waals surface area contributed by atoms with Gasteiger partial charge in [0, 0.05) is 19.1 Å². The van der Waals surface area contributed by atoms with Gasteiger partial charge in [-0.3, -0.25) is 0 Å². The van der Waals surface area contributed by atoms with E-state index < -0.39 is 0 Å². The molecule has 0 bridgehead atoms. The van der Waals surface area contributed by atoms with E-state index in [4.69, 9.17) is 17.0 Å². The molecule has 0 radical (unpaired) electrons. The van der Waals surface area contributed by atoms with Crippen molar-refractivity contribution in [1.82, 2.24) is 10.3 Å². The summed E-state index contributed by atoms with van der Waals surface area (Å²) in [6.45, 7) is 3.36. The van der Waals surface area contributed by atoms with Gasteiger partial charge in [-0.25, -0.2) is 4.98 Å². The maximum absolute atomic E-state index is 5.35. The van der Waals surface area contributed by atoms with Crippen LogP contribution in [0.1, 0.15) is 25.7 Å². The van der Waals surface area contributed by atoms with Gasteiger partial charge in [-0.2, -0.15) is 0 Å². The zero-order chi connectivity index (χ0) is 14.5. The summed E-state index contributed by atoms with van der Waals surface area (Å²) in [6.07, 6.45) is 6.88. The lowest BCUT2D eigenvalue weighted by molar-refractivity contribution is 0.122. The van der Waals surface area contributed by atoms with Crippen LogP contribution in [0.15, 0.2) is 18.3 Å². The third-order valence-electron chi connectivity index (χ3n) is 4.03. The van der Waals surface area contributed by atoms with E-state index in [1.54, 1.807) is 0 Å². The van der Waals surface area contributed by atoms with Gasteiger partial charge in [-0.15, -0.1) is 0 Å². The van der Waals surface area contributed by atoms with Gasteiger partial charge >= 0.3 is 0 Å². The highest BCUT2D eigenvalue weighted by atomic mass is 32.1. The van der Waals surface area contributed by atoms with Crippen molar-refractivity contribution in [2.24, 2.45) is 0 Å². The number of nitrogens with one attached hydrogen (secondary N) is 2. The van der Waals surface area contributed by atoms with Crippen molar-refractivity contribution in [2.45, 2.75) is 31.7 Å². The number of aromatic nitrogens is 1. The number of rotatable bonds is 3. The molecular weight excluding hydrogens is 284 g/mol. The second-order valence-corrected chi connectivity index (χ2v) is 5.99. The number of morpholine rings is 1. The van der Waals surface area contributed by atoms with E-state index >= 15 is 0 Å². The minimum Gasteiger partial charge on any atom is -0.378 e. The Kier molecular flexibility index (Phi) is 4.87. The highest BCUT2D eigenvalue weighted by molar-refractivity contribution is 7.80. The van der Waals surface area contributed by atoms with Gasteiger partial charge in [0.1, 0.15) is 5.82 Å². The maximum atomic E-state index is 5.35. The summed E-state index contributed by atoms with van der Waals surface area (Å²) in [5.74, 6) is 0.999. The minimum atomic E-state index is 0.533.